The molecule has 1 unspecified atom stereocenters. The second kappa shape index (κ2) is 2.59. The van der Waals surface area contributed by atoms with Gasteiger partial charge in [0.1, 0.15) is 0 Å². The molecule has 2 heteroatoms. The van der Waals surface area contributed by atoms with Crippen LogP contribution in [0.1, 0.15) is 6.92 Å². The summed E-state index contributed by atoms with van der Waals surface area (Å²) >= 11 is 6.91. The van der Waals surface area contributed by atoms with Gasteiger partial charge in [-0.3, -0.25) is 0 Å². The van der Waals surface area contributed by atoms with Crippen molar-refractivity contribution in [1.82, 2.24) is 0 Å². The second-order valence-electron chi connectivity index (χ2n) is 2.21. The molecule has 1 aliphatic rings. The quantitative estimate of drug-likeness (QED) is 0.580. The summed E-state index contributed by atoms with van der Waals surface area (Å²) in [6.45, 7) is 2.10. The molecule has 1 rings (SSSR count). The van der Waals surface area contributed by atoms with Crippen LogP contribution < -0.4 is 0 Å². The first-order valence-electron chi connectivity index (χ1n) is 2.70. The van der Waals surface area contributed by atoms with Crippen molar-refractivity contribution in [3.8, 4) is 0 Å². The van der Waals surface area contributed by atoms with Gasteiger partial charge in [0.05, 0.1) is 0 Å². The lowest BCUT2D eigenvalue weighted by molar-refractivity contribution is 0.961. The van der Waals surface area contributed by atoms with Gasteiger partial charge in [0, 0.05) is 15.2 Å². The van der Waals surface area contributed by atoms with Crippen molar-refractivity contribution < 1.29 is 0 Å². The minimum atomic E-state index is 0.0422. The number of hydrogen-bond donors (Lipinski definition) is 0. The van der Waals surface area contributed by atoms with E-state index in [0.29, 0.717) is 0 Å². The van der Waals surface area contributed by atoms with Crippen LogP contribution in [-0.2, 0) is 0 Å². The van der Waals surface area contributed by atoms with Gasteiger partial charge in [-0.1, -0.05) is 50.1 Å². The lowest BCUT2D eigenvalue weighted by Gasteiger charge is -2.19. The lowest BCUT2D eigenvalue weighted by atomic mass is 10.0. The van der Waals surface area contributed by atoms with E-state index in [2.05, 4.69) is 51.3 Å². The van der Waals surface area contributed by atoms with Crippen molar-refractivity contribution >= 4 is 31.9 Å². The Morgan fingerprint density at radius 1 is 1.56 bits per heavy atom. The molecule has 49 valence electrons. The van der Waals surface area contributed by atoms with Gasteiger partial charge < -0.3 is 0 Å². The highest BCUT2D eigenvalue weighted by Crippen LogP contribution is 2.31. The first-order chi connectivity index (χ1) is 4.10. The van der Waals surface area contributed by atoms with Gasteiger partial charge in [-0.2, -0.15) is 0 Å². The van der Waals surface area contributed by atoms with Crippen LogP contribution in [0, 0.1) is 6.42 Å². The van der Waals surface area contributed by atoms with Crippen molar-refractivity contribution in [3.63, 3.8) is 0 Å². The van der Waals surface area contributed by atoms with Crippen LogP contribution in [0.2, 0.25) is 0 Å². The van der Waals surface area contributed by atoms with E-state index in [0.717, 1.165) is 4.48 Å². The van der Waals surface area contributed by atoms with Crippen LogP contribution in [0.25, 0.3) is 0 Å². The number of halogens is 2. The van der Waals surface area contributed by atoms with Crippen molar-refractivity contribution in [3.05, 3.63) is 29.1 Å². The van der Waals surface area contributed by atoms with Crippen molar-refractivity contribution in [2.75, 3.05) is 0 Å². The highest BCUT2D eigenvalue weighted by atomic mass is 79.9. The van der Waals surface area contributed by atoms with E-state index >= 15 is 0 Å². The third-order valence-electron chi connectivity index (χ3n) is 1.10. The Morgan fingerprint density at radius 2 is 2.22 bits per heavy atom. The van der Waals surface area contributed by atoms with Crippen LogP contribution in [-0.4, -0.2) is 4.32 Å². The SMILES string of the molecule is CC1(Br)[CH]C(Br)=CC=C1. The first kappa shape index (κ1) is 7.55. The topological polar surface area (TPSA) is 0 Å². The first-order valence-corrected chi connectivity index (χ1v) is 4.29. The Hall–Kier alpha value is 0.440. The van der Waals surface area contributed by atoms with Gasteiger partial charge in [-0.05, 0) is 6.92 Å². The van der Waals surface area contributed by atoms with Crippen LogP contribution in [0.4, 0.5) is 0 Å². The summed E-state index contributed by atoms with van der Waals surface area (Å²) < 4.78 is 1.17. The summed E-state index contributed by atoms with van der Waals surface area (Å²) in [7, 11) is 0. The molecule has 0 aromatic rings. The molecule has 9 heavy (non-hydrogen) atoms. The molecule has 0 saturated heterocycles. The fourth-order valence-electron chi connectivity index (χ4n) is 0.694. The van der Waals surface area contributed by atoms with Crippen molar-refractivity contribution in [1.29, 1.82) is 0 Å². The Bertz CT molecular complexity index is 166. The summed E-state index contributed by atoms with van der Waals surface area (Å²) in [6, 6.07) is 0. The predicted octanol–water partition coefficient (Wildman–Crippen LogP) is 3.19. The summed E-state index contributed by atoms with van der Waals surface area (Å²) in [5.74, 6) is 0. The highest BCUT2D eigenvalue weighted by Gasteiger charge is 2.19. The average molecular weight is 251 g/mol. The smallest absolute Gasteiger partial charge is 0.0491 e. The highest BCUT2D eigenvalue weighted by molar-refractivity contribution is 9.12. The zero-order valence-corrected chi connectivity index (χ0v) is 8.24. The molecule has 1 atom stereocenters. The van der Waals surface area contributed by atoms with Gasteiger partial charge in [-0.25, -0.2) is 0 Å². The Morgan fingerprint density at radius 3 is 2.56 bits per heavy atom. The maximum Gasteiger partial charge on any atom is 0.0491 e. The maximum absolute atomic E-state index is 3.52. The Kier molecular flexibility index (Phi) is 2.17. The van der Waals surface area contributed by atoms with Crippen LogP contribution in [0.5, 0.6) is 0 Å². The zero-order chi connectivity index (χ0) is 6.91. The van der Waals surface area contributed by atoms with E-state index in [1.165, 1.54) is 0 Å². The molecular formula is C7H7Br2. The molecule has 0 N–H and O–H groups in total. The summed E-state index contributed by atoms with van der Waals surface area (Å²) in [4.78, 5) is 0. The van der Waals surface area contributed by atoms with E-state index < -0.39 is 0 Å². The lowest BCUT2D eigenvalue weighted by Crippen LogP contribution is -2.13. The molecule has 0 aromatic carbocycles. The van der Waals surface area contributed by atoms with Crippen LogP contribution in [0.3, 0.4) is 0 Å². The summed E-state index contributed by atoms with van der Waals surface area (Å²) in [5, 5.41) is 0. The van der Waals surface area contributed by atoms with E-state index in [1.54, 1.807) is 0 Å². The van der Waals surface area contributed by atoms with Gasteiger partial charge >= 0.3 is 0 Å². The van der Waals surface area contributed by atoms with Gasteiger partial charge in [-0.15, -0.1) is 0 Å². The predicted molar refractivity (Wildman–Crippen MR) is 47.8 cm³/mol. The Labute approximate surface area is 72.3 Å². The number of allylic oxidation sites excluding steroid dienone is 4. The largest absolute Gasteiger partial charge is 0.0804 e. The van der Waals surface area contributed by atoms with Gasteiger partial charge in [0.2, 0.25) is 0 Å². The minimum absolute atomic E-state index is 0.0422. The van der Waals surface area contributed by atoms with E-state index in [4.69, 9.17) is 0 Å². The molecule has 1 aliphatic carbocycles. The zero-order valence-electron chi connectivity index (χ0n) is 5.07. The standard InChI is InChI=1S/C7H7Br2/c1-7(9)4-2-3-6(8)5-7/h2-5H,1H3. The number of alkyl halides is 1. The average Bonchev–Trinajstić information content (AvgIpc) is 1.60. The third kappa shape index (κ3) is 2.26. The molecule has 0 aliphatic heterocycles. The summed E-state index contributed by atoms with van der Waals surface area (Å²) in [6.07, 6.45) is 8.24. The molecule has 0 heterocycles. The van der Waals surface area contributed by atoms with Crippen molar-refractivity contribution in [2.45, 2.75) is 11.2 Å². The molecule has 0 fully saturated rings. The monoisotopic (exact) mass is 249 g/mol. The second-order valence-corrected chi connectivity index (χ2v) is 4.83. The van der Waals surface area contributed by atoms with E-state index in [9.17, 15) is 0 Å². The molecule has 0 amide bonds. The summed E-state index contributed by atoms with van der Waals surface area (Å²) in [5.41, 5.74) is 0. The van der Waals surface area contributed by atoms with Gasteiger partial charge in [0.15, 0.2) is 0 Å². The molecule has 0 bridgehead atoms. The molecule has 0 spiro atoms. The normalized spacial score (nSPS) is 34.3. The number of hydrogen-bond acceptors (Lipinski definition) is 0. The van der Waals surface area contributed by atoms with Crippen LogP contribution in [0.15, 0.2) is 22.7 Å². The van der Waals surface area contributed by atoms with Crippen LogP contribution >= 0.6 is 31.9 Å². The fourth-order valence-corrected chi connectivity index (χ4v) is 2.03. The molecule has 0 saturated carbocycles. The third-order valence-corrected chi connectivity index (χ3v) is 2.08. The number of rotatable bonds is 0. The maximum atomic E-state index is 3.52. The van der Waals surface area contributed by atoms with Crippen molar-refractivity contribution in [2.24, 2.45) is 0 Å². The molecule has 1 radical (unpaired) electrons. The fraction of sp³-hybridized carbons (Fsp3) is 0.286. The minimum Gasteiger partial charge on any atom is -0.0804 e. The van der Waals surface area contributed by atoms with E-state index in [-0.39, 0.29) is 4.32 Å². The van der Waals surface area contributed by atoms with E-state index in [1.807, 2.05) is 12.2 Å². The van der Waals surface area contributed by atoms with Gasteiger partial charge in [0.25, 0.3) is 0 Å². The molecule has 0 nitrogen and oxygen atoms in total. The molecular weight excluding hydrogens is 244 g/mol. The Balaban J connectivity index is 2.73. The molecule has 0 aromatic heterocycles.